The Bertz CT molecular complexity index is 593. The van der Waals surface area contributed by atoms with E-state index in [9.17, 15) is 13.2 Å². The van der Waals surface area contributed by atoms with Gasteiger partial charge >= 0.3 is 5.97 Å². The highest BCUT2D eigenvalue weighted by Gasteiger charge is 2.17. The van der Waals surface area contributed by atoms with E-state index in [1.54, 1.807) is 18.2 Å². The van der Waals surface area contributed by atoms with E-state index < -0.39 is 9.84 Å². The van der Waals surface area contributed by atoms with Crippen molar-refractivity contribution in [2.24, 2.45) is 0 Å². The summed E-state index contributed by atoms with van der Waals surface area (Å²) < 4.78 is 27.9. The molecule has 1 aliphatic carbocycles. The number of rotatable bonds is 4. The van der Waals surface area contributed by atoms with E-state index in [-0.39, 0.29) is 17.0 Å². The molecule has 108 valence electrons. The maximum atomic E-state index is 11.6. The fraction of sp³-hybridized carbons (Fsp3) is 0.400. The van der Waals surface area contributed by atoms with Gasteiger partial charge in [0.1, 0.15) is 6.10 Å². The summed E-state index contributed by atoms with van der Waals surface area (Å²) in [6.07, 6.45) is 8.36. The van der Waals surface area contributed by atoms with Crippen LogP contribution in [0.1, 0.15) is 31.2 Å². The molecule has 0 aromatic heterocycles. The number of benzene rings is 1. The Morgan fingerprint density at radius 3 is 2.35 bits per heavy atom. The normalized spacial score (nSPS) is 16.6. The smallest absolute Gasteiger partial charge is 0.331 e. The average molecular weight is 294 g/mol. The number of esters is 1. The summed E-state index contributed by atoms with van der Waals surface area (Å²) in [6.45, 7) is 0. The van der Waals surface area contributed by atoms with Gasteiger partial charge in [0, 0.05) is 12.3 Å². The lowest BCUT2D eigenvalue weighted by Crippen LogP contribution is -2.12. The van der Waals surface area contributed by atoms with Crippen LogP contribution in [0.15, 0.2) is 35.2 Å². The summed E-state index contributed by atoms with van der Waals surface area (Å²) in [7, 11) is -3.18. The van der Waals surface area contributed by atoms with Crippen LogP contribution in [-0.4, -0.2) is 26.7 Å². The molecule has 0 radical (unpaired) electrons. The third-order valence-electron chi connectivity index (χ3n) is 3.31. The monoisotopic (exact) mass is 294 g/mol. The minimum absolute atomic E-state index is 0.0553. The van der Waals surface area contributed by atoms with E-state index in [1.807, 2.05) is 0 Å². The molecule has 0 spiro atoms. The molecule has 0 heterocycles. The van der Waals surface area contributed by atoms with Gasteiger partial charge in [0.05, 0.1) is 4.90 Å². The molecule has 1 aliphatic rings. The van der Waals surface area contributed by atoms with Crippen LogP contribution in [-0.2, 0) is 19.4 Å². The van der Waals surface area contributed by atoms with Gasteiger partial charge in [0.2, 0.25) is 0 Å². The quantitative estimate of drug-likeness (QED) is 0.632. The van der Waals surface area contributed by atoms with Gasteiger partial charge in [-0.15, -0.1) is 0 Å². The van der Waals surface area contributed by atoms with Gasteiger partial charge in [-0.1, -0.05) is 12.1 Å². The highest BCUT2D eigenvalue weighted by Crippen LogP contribution is 2.21. The van der Waals surface area contributed by atoms with Gasteiger partial charge in [-0.2, -0.15) is 0 Å². The van der Waals surface area contributed by atoms with Crippen molar-refractivity contribution in [2.75, 3.05) is 6.26 Å². The Hall–Kier alpha value is -1.62. The fourth-order valence-corrected chi connectivity index (χ4v) is 2.83. The maximum absolute atomic E-state index is 11.6. The van der Waals surface area contributed by atoms with Crippen molar-refractivity contribution in [3.8, 4) is 0 Å². The predicted octanol–water partition coefficient (Wildman–Crippen LogP) is 2.59. The second-order valence-electron chi connectivity index (χ2n) is 5.02. The van der Waals surface area contributed by atoms with Gasteiger partial charge in [-0.25, -0.2) is 13.2 Å². The van der Waals surface area contributed by atoms with E-state index in [1.165, 1.54) is 18.2 Å². The van der Waals surface area contributed by atoms with E-state index in [4.69, 9.17) is 4.74 Å². The third kappa shape index (κ3) is 4.20. The number of hydrogen-bond acceptors (Lipinski definition) is 4. The Labute approximate surface area is 119 Å². The van der Waals surface area contributed by atoms with Crippen molar-refractivity contribution < 1.29 is 17.9 Å². The van der Waals surface area contributed by atoms with Crippen LogP contribution in [0.4, 0.5) is 0 Å². The Balaban J connectivity index is 1.95. The zero-order valence-corrected chi connectivity index (χ0v) is 12.2. The largest absolute Gasteiger partial charge is 0.459 e. The van der Waals surface area contributed by atoms with E-state index in [0.29, 0.717) is 0 Å². The number of hydrogen-bond donors (Lipinski definition) is 0. The molecule has 1 aromatic carbocycles. The van der Waals surface area contributed by atoms with Crippen LogP contribution in [0.3, 0.4) is 0 Å². The molecule has 1 aromatic rings. The van der Waals surface area contributed by atoms with Gasteiger partial charge < -0.3 is 4.74 Å². The van der Waals surface area contributed by atoms with Gasteiger partial charge in [0.15, 0.2) is 9.84 Å². The van der Waals surface area contributed by atoms with Crippen LogP contribution in [0.25, 0.3) is 6.08 Å². The summed E-state index contributed by atoms with van der Waals surface area (Å²) in [5.41, 5.74) is 0.765. The summed E-state index contributed by atoms with van der Waals surface area (Å²) in [5, 5.41) is 0. The number of carbonyl (C=O) groups excluding carboxylic acids is 1. The van der Waals surface area contributed by atoms with E-state index >= 15 is 0 Å². The summed E-state index contributed by atoms with van der Waals surface area (Å²) in [4.78, 5) is 11.9. The second kappa shape index (κ2) is 6.22. The zero-order valence-electron chi connectivity index (χ0n) is 11.4. The summed E-state index contributed by atoms with van der Waals surface area (Å²) in [6, 6.07) is 6.38. The summed E-state index contributed by atoms with van der Waals surface area (Å²) in [5.74, 6) is -0.343. The first kappa shape index (κ1) is 14.8. The summed E-state index contributed by atoms with van der Waals surface area (Å²) >= 11 is 0. The number of ether oxygens (including phenoxy) is 1. The fourth-order valence-electron chi connectivity index (χ4n) is 2.20. The van der Waals surface area contributed by atoms with E-state index in [0.717, 1.165) is 37.5 Å². The van der Waals surface area contributed by atoms with Crippen LogP contribution in [0.5, 0.6) is 0 Å². The average Bonchev–Trinajstić information content (AvgIpc) is 2.88. The highest BCUT2D eigenvalue weighted by molar-refractivity contribution is 7.90. The third-order valence-corrected chi connectivity index (χ3v) is 4.43. The first-order valence-electron chi connectivity index (χ1n) is 6.64. The molecule has 0 saturated heterocycles. The first-order chi connectivity index (χ1) is 9.45. The Kier molecular flexibility index (Phi) is 4.60. The Morgan fingerprint density at radius 2 is 1.80 bits per heavy atom. The Morgan fingerprint density at radius 1 is 1.20 bits per heavy atom. The topological polar surface area (TPSA) is 60.4 Å². The SMILES string of the molecule is CS(=O)(=O)c1ccc(/C=C/C(=O)OC2CCCC2)cc1. The van der Waals surface area contributed by atoms with Crippen molar-refractivity contribution >= 4 is 21.9 Å². The van der Waals surface area contributed by atoms with Crippen LogP contribution < -0.4 is 0 Å². The lowest BCUT2D eigenvalue weighted by atomic mass is 10.2. The van der Waals surface area contributed by atoms with Crippen molar-refractivity contribution in [3.63, 3.8) is 0 Å². The predicted molar refractivity (Wildman–Crippen MR) is 76.9 cm³/mol. The molecule has 0 unspecified atom stereocenters. The molecule has 2 rings (SSSR count). The lowest BCUT2D eigenvalue weighted by molar-refractivity contribution is -0.142. The highest BCUT2D eigenvalue weighted by atomic mass is 32.2. The molecule has 0 atom stereocenters. The maximum Gasteiger partial charge on any atom is 0.331 e. The van der Waals surface area contributed by atoms with Crippen molar-refractivity contribution in [1.29, 1.82) is 0 Å². The second-order valence-corrected chi connectivity index (χ2v) is 7.03. The molecule has 0 bridgehead atoms. The van der Waals surface area contributed by atoms with Gasteiger partial charge in [0.25, 0.3) is 0 Å². The number of sulfone groups is 1. The van der Waals surface area contributed by atoms with Crippen LogP contribution in [0, 0.1) is 0 Å². The molecular weight excluding hydrogens is 276 g/mol. The molecule has 5 heteroatoms. The molecular formula is C15H18O4S. The van der Waals surface area contributed by atoms with E-state index in [2.05, 4.69) is 0 Å². The van der Waals surface area contributed by atoms with Gasteiger partial charge in [-0.05, 0) is 49.5 Å². The van der Waals surface area contributed by atoms with Crippen LogP contribution >= 0.6 is 0 Å². The van der Waals surface area contributed by atoms with Crippen molar-refractivity contribution in [2.45, 2.75) is 36.7 Å². The molecule has 0 amide bonds. The van der Waals surface area contributed by atoms with Crippen molar-refractivity contribution in [3.05, 3.63) is 35.9 Å². The lowest BCUT2D eigenvalue weighted by Gasteiger charge is -2.08. The molecule has 20 heavy (non-hydrogen) atoms. The standard InChI is InChI=1S/C15H18O4S/c1-20(17,18)14-9-6-12(7-10-14)8-11-15(16)19-13-4-2-3-5-13/h6-11,13H,2-5H2,1H3/b11-8+. The minimum Gasteiger partial charge on any atom is -0.459 e. The zero-order chi connectivity index (χ0) is 14.6. The molecule has 1 saturated carbocycles. The molecule has 1 fully saturated rings. The first-order valence-corrected chi connectivity index (χ1v) is 8.53. The number of carbonyl (C=O) groups is 1. The molecule has 0 aliphatic heterocycles. The minimum atomic E-state index is -3.18. The molecule has 0 N–H and O–H groups in total. The molecule has 4 nitrogen and oxygen atoms in total. The van der Waals surface area contributed by atoms with Crippen LogP contribution in [0.2, 0.25) is 0 Å². The van der Waals surface area contributed by atoms with Gasteiger partial charge in [-0.3, -0.25) is 0 Å². The van der Waals surface area contributed by atoms with Crippen molar-refractivity contribution in [1.82, 2.24) is 0 Å².